The van der Waals surface area contributed by atoms with E-state index < -0.39 is 28.5 Å². The Hall–Kier alpha value is -4.14. The monoisotopic (exact) mass is 657 g/mol. The van der Waals surface area contributed by atoms with Crippen LogP contribution in [0.3, 0.4) is 0 Å². The van der Waals surface area contributed by atoms with Crippen molar-refractivity contribution in [3.63, 3.8) is 0 Å². The van der Waals surface area contributed by atoms with Crippen LogP contribution in [0.15, 0.2) is 108 Å². The Morgan fingerprint density at radius 3 is 2.15 bits per heavy atom. The van der Waals surface area contributed by atoms with Crippen molar-refractivity contribution in [1.29, 1.82) is 0 Å². The molecule has 0 spiro atoms. The number of aryl methyl sites for hydroxylation is 1. The van der Waals surface area contributed by atoms with E-state index in [2.05, 4.69) is 5.32 Å². The number of nitrogens with one attached hydrogen (secondary N) is 1. The molecule has 1 fully saturated rings. The number of benzene rings is 4. The third kappa shape index (κ3) is 7.98. The van der Waals surface area contributed by atoms with Gasteiger partial charge in [-0.25, -0.2) is 8.42 Å². The molecule has 1 atom stereocenters. The fourth-order valence-electron chi connectivity index (χ4n) is 6.03. The minimum atomic E-state index is -4.20. The molecule has 0 saturated heterocycles. The van der Waals surface area contributed by atoms with Crippen molar-refractivity contribution in [3.8, 4) is 0 Å². The summed E-state index contributed by atoms with van der Waals surface area (Å²) in [5.41, 5.74) is 3.59. The van der Waals surface area contributed by atoms with E-state index in [0.717, 1.165) is 46.7 Å². The smallest absolute Gasteiger partial charge is 0.264 e. The lowest BCUT2D eigenvalue weighted by molar-refractivity contribution is -0.140. The molecule has 4 aromatic rings. The summed E-state index contributed by atoms with van der Waals surface area (Å²) in [7, 11) is -4.20. The first-order valence-corrected chi connectivity index (χ1v) is 17.5. The molecule has 4 aromatic carbocycles. The van der Waals surface area contributed by atoms with Crippen LogP contribution in [-0.4, -0.2) is 43.8 Å². The van der Waals surface area contributed by atoms with Crippen LogP contribution in [0, 0.1) is 13.8 Å². The number of carbonyl (C=O) groups is 2. The molecule has 2 amide bonds. The Kier molecular flexibility index (Phi) is 10.8. The van der Waals surface area contributed by atoms with E-state index in [-0.39, 0.29) is 29.8 Å². The summed E-state index contributed by atoms with van der Waals surface area (Å²) in [5, 5.41) is 3.59. The van der Waals surface area contributed by atoms with Crippen molar-refractivity contribution >= 4 is 39.1 Å². The minimum absolute atomic E-state index is 0.0470. The normalized spacial score (nSPS) is 14.1. The van der Waals surface area contributed by atoms with Crippen molar-refractivity contribution in [2.75, 3.05) is 10.8 Å². The van der Waals surface area contributed by atoms with Crippen molar-refractivity contribution < 1.29 is 18.0 Å². The van der Waals surface area contributed by atoms with Crippen LogP contribution in [0.4, 0.5) is 5.69 Å². The second-order valence-corrected chi connectivity index (χ2v) is 14.2. The van der Waals surface area contributed by atoms with E-state index in [9.17, 15) is 18.0 Å². The number of carbonyl (C=O) groups excluding carboxylic acids is 2. The van der Waals surface area contributed by atoms with Crippen molar-refractivity contribution in [2.24, 2.45) is 0 Å². The zero-order chi connectivity index (χ0) is 32.7. The predicted molar refractivity (Wildman–Crippen MR) is 183 cm³/mol. The maximum atomic E-state index is 14.7. The molecule has 5 rings (SSSR count). The molecule has 7 nitrogen and oxygen atoms in total. The number of anilines is 1. The van der Waals surface area contributed by atoms with E-state index in [0.29, 0.717) is 16.3 Å². The summed E-state index contributed by atoms with van der Waals surface area (Å²) in [6.45, 7) is 3.31. The maximum absolute atomic E-state index is 14.7. The molecule has 0 unspecified atom stereocenters. The van der Waals surface area contributed by atoms with E-state index in [1.165, 1.54) is 12.1 Å². The van der Waals surface area contributed by atoms with Gasteiger partial charge in [0.15, 0.2) is 0 Å². The lowest BCUT2D eigenvalue weighted by atomic mass is 10.0. The number of sulfonamides is 1. The van der Waals surface area contributed by atoms with Crippen molar-refractivity contribution in [2.45, 2.75) is 69.5 Å². The zero-order valence-electron chi connectivity index (χ0n) is 26.2. The molecule has 1 aliphatic rings. The average Bonchev–Trinajstić information content (AvgIpc) is 3.57. The molecule has 1 aliphatic carbocycles. The first-order chi connectivity index (χ1) is 22.1. The molecule has 1 N–H and O–H groups in total. The number of hydrogen-bond donors (Lipinski definition) is 1. The second-order valence-electron chi connectivity index (χ2n) is 11.9. The zero-order valence-corrected chi connectivity index (χ0v) is 27.8. The van der Waals surface area contributed by atoms with E-state index in [4.69, 9.17) is 11.6 Å². The molecule has 46 heavy (non-hydrogen) atoms. The van der Waals surface area contributed by atoms with Crippen LogP contribution in [0.2, 0.25) is 5.02 Å². The van der Waals surface area contributed by atoms with Crippen LogP contribution in [0.1, 0.15) is 47.9 Å². The summed E-state index contributed by atoms with van der Waals surface area (Å²) in [4.78, 5) is 30.4. The Labute approximate surface area is 277 Å². The summed E-state index contributed by atoms with van der Waals surface area (Å²) in [6.07, 6.45) is 4.16. The highest BCUT2D eigenvalue weighted by Gasteiger charge is 2.36. The third-order valence-electron chi connectivity index (χ3n) is 8.53. The van der Waals surface area contributed by atoms with Gasteiger partial charge in [-0.2, -0.15) is 0 Å². The van der Waals surface area contributed by atoms with Gasteiger partial charge in [0.1, 0.15) is 12.6 Å². The van der Waals surface area contributed by atoms with Crippen molar-refractivity contribution in [3.05, 3.63) is 130 Å². The second kappa shape index (κ2) is 15.0. The minimum Gasteiger partial charge on any atom is -0.352 e. The Balaban J connectivity index is 1.59. The van der Waals surface area contributed by atoms with Crippen LogP contribution in [0.25, 0.3) is 0 Å². The highest BCUT2D eigenvalue weighted by Crippen LogP contribution is 2.31. The predicted octanol–water partition coefficient (Wildman–Crippen LogP) is 6.85. The number of rotatable bonds is 12. The fourth-order valence-corrected chi connectivity index (χ4v) is 7.69. The van der Waals surface area contributed by atoms with Gasteiger partial charge < -0.3 is 10.2 Å². The van der Waals surface area contributed by atoms with E-state index >= 15 is 0 Å². The topological polar surface area (TPSA) is 86.8 Å². The molecule has 1 saturated carbocycles. The largest absolute Gasteiger partial charge is 0.352 e. The lowest BCUT2D eigenvalue weighted by Gasteiger charge is -2.34. The van der Waals surface area contributed by atoms with Gasteiger partial charge in [-0.15, -0.1) is 0 Å². The number of halogens is 1. The molecule has 0 aromatic heterocycles. The molecular weight excluding hydrogens is 618 g/mol. The quantitative estimate of drug-likeness (QED) is 0.181. The van der Waals surface area contributed by atoms with Gasteiger partial charge in [-0.05, 0) is 67.6 Å². The van der Waals surface area contributed by atoms with Gasteiger partial charge in [-0.3, -0.25) is 13.9 Å². The fraction of sp³-hybridized carbons (Fsp3) is 0.297. The van der Waals surface area contributed by atoms with E-state index in [1.807, 2.05) is 61.5 Å². The molecule has 0 aliphatic heterocycles. The third-order valence-corrected chi connectivity index (χ3v) is 10.7. The average molecular weight is 658 g/mol. The molecule has 240 valence electrons. The SMILES string of the molecule is Cc1cccc(CN(C(=O)CN(c2cccc(Cl)c2C)S(=O)(=O)c2ccccc2)[C@H](Cc2ccccc2)C(=O)NC2CCCC2)c1. The van der Waals surface area contributed by atoms with Crippen LogP contribution in [0.5, 0.6) is 0 Å². The Morgan fingerprint density at radius 1 is 0.848 bits per heavy atom. The number of hydrogen-bond acceptors (Lipinski definition) is 4. The van der Waals surface area contributed by atoms with Gasteiger partial charge in [0.2, 0.25) is 11.8 Å². The summed E-state index contributed by atoms with van der Waals surface area (Å²) in [5.74, 6) is -0.740. The standard InChI is InChI=1S/C37H40ClN3O4S/c1-27-13-11-16-30(23-27)25-40(35(24-29-14-5-3-6-15-29)37(43)39-31-17-9-10-18-31)36(42)26-41(34-22-12-21-33(38)28(34)2)46(44,45)32-19-7-4-8-20-32/h3-8,11-16,19-23,31,35H,9-10,17-18,24-26H2,1-2H3,(H,39,43)/t35-/m1/s1. The summed E-state index contributed by atoms with van der Waals surface area (Å²) in [6, 6.07) is 29.6. The molecule has 0 bridgehead atoms. The van der Waals surface area contributed by atoms with Gasteiger partial charge in [0.05, 0.1) is 10.6 Å². The summed E-state index contributed by atoms with van der Waals surface area (Å²) < 4.78 is 29.5. The van der Waals surface area contributed by atoms with Crippen LogP contribution < -0.4 is 9.62 Å². The maximum Gasteiger partial charge on any atom is 0.264 e. The summed E-state index contributed by atoms with van der Waals surface area (Å²) >= 11 is 6.47. The van der Waals surface area contributed by atoms with Crippen molar-refractivity contribution in [1.82, 2.24) is 10.2 Å². The van der Waals surface area contributed by atoms with Crippen LogP contribution >= 0.6 is 11.6 Å². The number of nitrogens with zero attached hydrogens (tertiary/aromatic N) is 2. The molecule has 9 heteroatoms. The Morgan fingerprint density at radius 2 is 1.48 bits per heavy atom. The first kappa shape index (κ1) is 33.2. The lowest BCUT2D eigenvalue weighted by Crippen LogP contribution is -2.54. The first-order valence-electron chi connectivity index (χ1n) is 15.7. The molecular formula is C37H40ClN3O4S. The van der Waals surface area contributed by atoms with E-state index in [1.54, 1.807) is 48.2 Å². The van der Waals surface area contributed by atoms with Gasteiger partial charge in [0.25, 0.3) is 10.0 Å². The van der Waals surface area contributed by atoms with Crippen LogP contribution in [-0.2, 0) is 32.6 Å². The highest BCUT2D eigenvalue weighted by molar-refractivity contribution is 7.92. The Bertz CT molecular complexity index is 1760. The molecule has 0 radical (unpaired) electrons. The van der Waals surface area contributed by atoms with Gasteiger partial charge in [0, 0.05) is 24.0 Å². The van der Waals surface area contributed by atoms with Gasteiger partial charge in [-0.1, -0.05) is 109 Å². The van der Waals surface area contributed by atoms with Gasteiger partial charge >= 0.3 is 0 Å². The number of amides is 2. The highest BCUT2D eigenvalue weighted by atomic mass is 35.5. The molecule has 0 heterocycles.